The van der Waals surface area contributed by atoms with Gasteiger partial charge in [-0.1, -0.05) is 0 Å². The first-order valence-corrected chi connectivity index (χ1v) is 4.62. The molecule has 78 valence electrons. The summed E-state index contributed by atoms with van der Waals surface area (Å²) in [6, 6.07) is 0. The molecule has 5 nitrogen and oxygen atoms in total. The van der Waals surface area contributed by atoms with Gasteiger partial charge in [0, 0.05) is 25.2 Å². The lowest BCUT2D eigenvalue weighted by Crippen LogP contribution is -2.06. The first-order valence-electron chi connectivity index (χ1n) is 3.74. The molecule has 0 aromatic carbocycles. The van der Waals surface area contributed by atoms with Crippen molar-refractivity contribution in [2.45, 2.75) is 6.92 Å². The minimum atomic E-state index is -0.951. The van der Waals surface area contributed by atoms with Crippen molar-refractivity contribution in [2.75, 3.05) is 14.1 Å². The Labute approximate surface area is 86.0 Å². The molecule has 14 heavy (non-hydrogen) atoms. The Balaban J connectivity index is 0.000000292. The fraction of sp³-hybridized carbons (Fsp3) is 0.375. The maximum absolute atomic E-state index is 10.2. The number of aryl methyl sites for hydroxylation is 1. The summed E-state index contributed by atoms with van der Waals surface area (Å²) in [6.45, 7) is 1.77. The van der Waals surface area contributed by atoms with Crippen LogP contribution in [0, 0.1) is 6.92 Å². The maximum atomic E-state index is 10.2. The lowest BCUT2D eigenvalue weighted by atomic mass is 10.6. The van der Waals surface area contributed by atoms with E-state index in [9.17, 15) is 9.59 Å². The van der Waals surface area contributed by atoms with E-state index in [2.05, 4.69) is 4.98 Å². The number of thiazole rings is 1. The van der Waals surface area contributed by atoms with E-state index < -0.39 is 5.97 Å². The van der Waals surface area contributed by atoms with Gasteiger partial charge >= 0.3 is 5.97 Å². The fourth-order valence-electron chi connectivity index (χ4n) is 0.452. The molecule has 1 aromatic heterocycles. The van der Waals surface area contributed by atoms with Gasteiger partial charge in [-0.05, 0) is 6.92 Å². The summed E-state index contributed by atoms with van der Waals surface area (Å²) in [6.07, 6.45) is 0.750. The van der Waals surface area contributed by atoms with E-state index in [1.807, 2.05) is 0 Å². The van der Waals surface area contributed by atoms with Crippen molar-refractivity contribution in [3.05, 3.63) is 16.1 Å². The number of nitrogens with zero attached hydrogens (tertiary/aromatic N) is 2. The second-order valence-corrected chi connectivity index (χ2v) is 3.53. The summed E-state index contributed by atoms with van der Waals surface area (Å²) in [5.41, 5.74) is 0.761. The molecule has 0 spiro atoms. The van der Waals surface area contributed by atoms with E-state index in [4.69, 9.17) is 5.11 Å². The Kier molecular flexibility index (Phi) is 5.47. The summed E-state index contributed by atoms with van der Waals surface area (Å²) in [5, 5.41) is 10.2. The van der Waals surface area contributed by atoms with E-state index in [0.29, 0.717) is 0 Å². The zero-order valence-electron chi connectivity index (χ0n) is 8.22. The number of aromatic carboxylic acids is 1. The number of carbonyl (C=O) groups excluding carboxylic acids is 1. The molecule has 0 aliphatic heterocycles. The third-order valence-electron chi connectivity index (χ3n) is 1.01. The van der Waals surface area contributed by atoms with Gasteiger partial charge in [0.15, 0.2) is 0 Å². The number of carboxylic acids is 1. The van der Waals surface area contributed by atoms with Crippen molar-refractivity contribution in [3.63, 3.8) is 0 Å². The smallest absolute Gasteiger partial charge is 0.365 e. The first kappa shape index (κ1) is 12.6. The average Bonchev–Trinajstić information content (AvgIpc) is 2.53. The van der Waals surface area contributed by atoms with Crippen LogP contribution in [0.3, 0.4) is 0 Å². The van der Waals surface area contributed by atoms with Crippen LogP contribution < -0.4 is 0 Å². The van der Waals surface area contributed by atoms with Crippen LogP contribution in [0.4, 0.5) is 0 Å². The minimum Gasteiger partial charge on any atom is -0.476 e. The summed E-state index contributed by atoms with van der Waals surface area (Å²) < 4.78 is 0. The number of carbonyl (C=O) groups is 2. The Bertz CT molecular complexity index is 309. The zero-order valence-corrected chi connectivity index (χ0v) is 9.04. The highest BCUT2D eigenvalue weighted by molar-refractivity contribution is 7.11. The number of hydrogen-bond donors (Lipinski definition) is 1. The zero-order chi connectivity index (χ0) is 11.1. The molecule has 0 saturated carbocycles. The molecule has 1 heterocycles. The van der Waals surface area contributed by atoms with Gasteiger partial charge in [-0.25, -0.2) is 9.78 Å². The van der Waals surface area contributed by atoms with Gasteiger partial charge in [0.2, 0.25) is 11.4 Å². The molecule has 0 aliphatic rings. The van der Waals surface area contributed by atoms with Crippen LogP contribution in [0.15, 0.2) is 5.38 Å². The van der Waals surface area contributed by atoms with Crippen LogP contribution in [-0.4, -0.2) is 41.5 Å². The molecular weight excluding hydrogens is 204 g/mol. The van der Waals surface area contributed by atoms with E-state index >= 15 is 0 Å². The van der Waals surface area contributed by atoms with E-state index in [-0.39, 0.29) is 5.01 Å². The number of rotatable bonds is 2. The van der Waals surface area contributed by atoms with Crippen molar-refractivity contribution < 1.29 is 14.7 Å². The van der Waals surface area contributed by atoms with Gasteiger partial charge in [0.25, 0.3) is 0 Å². The summed E-state index contributed by atoms with van der Waals surface area (Å²) >= 11 is 1.15. The second-order valence-electron chi connectivity index (χ2n) is 2.67. The topological polar surface area (TPSA) is 70.5 Å². The van der Waals surface area contributed by atoms with Crippen LogP contribution in [0.1, 0.15) is 15.5 Å². The molecule has 0 fully saturated rings. The quantitative estimate of drug-likeness (QED) is 0.744. The fourth-order valence-corrected chi connectivity index (χ4v) is 1.08. The predicted molar refractivity (Wildman–Crippen MR) is 53.6 cm³/mol. The van der Waals surface area contributed by atoms with Crippen molar-refractivity contribution in [3.8, 4) is 0 Å². The Hall–Kier alpha value is -1.43. The van der Waals surface area contributed by atoms with E-state index in [1.54, 1.807) is 26.4 Å². The van der Waals surface area contributed by atoms with Gasteiger partial charge in [0.1, 0.15) is 0 Å². The lowest BCUT2D eigenvalue weighted by Gasteiger charge is -1.93. The molecule has 6 heteroatoms. The molecule has 0 saturated heterocycles. The highest BCUT2D eigenvalue weighted by Gasteiger charge is 2.04. The molecule has 0 bridgehead atoms. The monoisotopic (exact) mass is 216 g/mol. The Morgan fingerprint density at radius 2 is 2.14 bits per heavy atom. The van der Waals surface area contributed by atoms with Crippen LogP contribution >= 0.6 is 11.3 Å². The van der Waals surface area contributed by atoms with Crippen LogP contribution in [0.2, 0.25) is 0 Å². The molecule has 1 aromatic rings. The Morgan fingerprint density at radius 1 is 1.64 bits per heavy atom. The van der Waals surface area contributed by atoms with Crippen molar-refractivity contribution in [1.82, 2.24) is 9.88 Å². The largest absolute Gasteiger partial charge is 0.476 e. The third kappa shape index (κ3) is 5.26. The molecule has 1 N–H and O–H groups in total. The maximum Gasteiger partial charge on any atom is 0.365 e. The molecule has 1 amide bonds. The molecule has 0 unspecified atom stereocenters. The predicted octanol–water partition coefficient (Wildman–Crippen LogP) is 0.854. The van der Waals surface area contributed by atoms with Crippen LogP contribution in [0.25, 0.3) is 0 Å². The first-order chi connectivity index (χ1) is 6.47. The number of aromatic nitrogens is 1. The standard InChI is InChI=1S/C5H5NO2S.C3H7NO/c1-3-2-9-4(6-3)5(7)8;1-4(2)3-5/h2H,1H3,(H,7,8);3H,1-2H3. The summed E-state index contributed by atoms with van der Waals surface area (Å²) in [5.74, 6) is -0.951. The summed E-state index contributed by atoms with van der Waals surface area (Å²) in [4.78, 5) is 24.8. The van der Waals surface area contributed by atoms with Gasteiger partial charge in [-0.2, -0.15) is 0 Å². The Morgan fingerprint density at radius 3 is 2.29 bits per heavy atom. The SMILES string of the molecule is CN(C)C=O.Cc1csc(C(=O)O)n1. The van der Waals surface area contributed by atoms with E-state index in [1.165, 1.54) is 4.90 Å². The molecular formula is C8H12N2O3S. The van der Waals surface area contributed by atoms with Crippen molar-refractivity contribution in [2.24, 2.45) is 0 Å². The van der Waals surface area contributed by atoms with Crippen LogP contribution in [0.5, 0.6) is 0 Å². The van der Waals surface area contributed by atoms with E-state index in [0.717, 1.165) is 23.4 Å². The van der Waals surface area contributed by atoms with Crippen LogP contribution in [-0.2, 0) is 4.79 Å². The molecule has 0 radical (unpaired) electrons. The number of hydrogen-bond acceptors (Lipinski definition) is 4. The molecule has 0 atom stereocenters. The highest BCUT2D eigenvalue weighted by atomic mass is 32.1. The van der Waals surface area contributed by atoms with Gasteiger partial charge in [0.05, 0.1) is 0 Å². The molecule has 1 rings (SSSR count). The molecule has 0 aliphatic carbocycles. The number of amides is 1. The highest BCUT2D eigenvalue weighted by Crippen LogP contribution is 2.07. The number of carboxylic acid groups (broad SMARTS) is 1. The third-order valence-corrected chi connectivity index (χ3v) is 1.96. The lowest BCUT2D eigenvalue weighted by molar-refractivity contribution is -0.115. The van der Waals surface area contributed by atoms with Gasteiger partial charge in [-0.3, -0.25) is 4.79 Å². The normalized spacial score (nSPS) is 8.50. The van der Waals surface area contributed by atoms with Gasteiger partial charge in [-0.15, -0.1) is 11.3 Å². The summed E-state index contributed by atoms with van der Waals surface area (Å²) in [7, 11) is 3.38. The second kappa shape index (κ2) is 6.09. The van der Waals surface area contributed by atoms with Crippen molar-refractivity contribution in [1.29, 1.82) is 0 Å². The van der Waals surface area contributed by atoms with Crippen molar-refractivity contribution >= 4 is 23.7 Å². The minimum absolute atomic E-state index is 0.160. The van der Waals surface area contributed by atoms with Gasteiger partial charge < -0.3 is 10.0 Å². The average molecular weight is 216 g/mol.